The van der Waals surface area contributed by atoms with Crippen LogP contribution in [0.15, 0.2) is 36.9 Å². The lowest BCUT2D eigenvalue weighted by molar-refractivity contribution is 0.426. The summed E-state index contributed by atoms with van der Waals surface area (Å²) in [7, 11) is 0. The highest BCUT2D eigenvalue weighted by atomic mass is 15.3. The fourth-order valence-corrected chi connectivity index (χ4v) is 3.51. The summed E-state index contributed by atoms with van der Waals surface area (Å²) in [5.41, 5.74) is 1.83. The van der Waals surface area contributed by atoms with Gasteiger partial charge in [0.05, 0.1) is 5.52 Å². The Morgan fingerprint density at radius 3 is 2.83 bits per heavy atom. The van der Waals surface area contributed by atoms with Gasteiger partial charge in [0.15, 0.2) is 5.65 Å². The first kappa shape index (κ1) is 14.2. The molecule has 0 spiro atoms. The van der Waals surface area contributed by atoms with E-state index in [0.29, 0.717) is 12.5 Å². The van der Waals surface area contributed by atoms with Crippen LogP contribution in [0.3, 0.4) is 0 Å². The average Bonchev–Trinajstić information content (AvgIpc) is 3.06. The van der Waals surface area contributed by atoms with Crippen LogP contribution in [-0.4, -0.2) is 26.1 Å². The smallest absolute Gasteiger partial charge is 0.211 e. The van der Waals surface area contributed by atoms with Crippen LogP contribution in [0.1, 0.15) is 43.8 Å². The minimum Gasteiger partial charge on any atom is -0.352 e. The lowest BCUT2D eigenvalue weighted by Crippen LogP contribution is -2.13. The zero-order chi connectivity index (χ0) is 15.6. The lowest BCUT2D eigenvalue weighted by atomic mass is 9.89. The molecule has 23 heavy (non-hydrogen) atoms. The summed E-state index contributed by atoms with van der Waals surface area (Å²) in [5.74, 6) is 2.33. The number of hydrogen-bond donors (Lipinski definition) is 1. The van der Waals surface area contributed by atoms with Gasteiger partial charge in [-0.2, -0.15) is 0 Å². The fourth-order valence-electron chi connectivity index (χ4n) is 3.51. The summed E-state index contributed by atoms with van der Waals surface area (Å²) >= 11 is 0. The molecular formula is C18H21N5. The maximum absolute atomic E-state index is 4.79. The Kier molecular flexibility index (Phi) is 3.69. The van der Waals surface area contributed by atoms with Gasteiger partial charge in [0, 0.05) is 17.8 Å². The van der Waals surface area contributed by atoms with E-state index in [1.807, 2.05) is 24.3 Å². The van der Waals surface area contributed by atoms with Gasteiger partial charge in [-0.25, -0.2) is 9.38 Å². The molecule has 118 valence electrons. The second-order valence-corrected chi connectivity index (χ2v) is 6.17. The maximum Gasteiger partial charge on any atom is 0.211 e. The van der Waals surface area contributed by atoms with E-state index >= 15 is 0 Å². The molecule has 3 aromatic rings. The van der Waals surface area contributed by atoms with Crippen molar-refractivity contribution in [2.24, 2.45) is 0 Å². The minimum absolute atomic E-state index is 0.478. The van der Waals surface area contributed by atoms with Crippen molar-refractivity contribution in [3.8, 4) is 0 Å². The van der Waals surface area contributed by atoms with Crippen LogP contribution < -0.4 is 5.32 Å². The van der Waals surface area contributed by atoms with E-state index in [9.17, 15) is 0 Å². The van der Waals surface area contributed by atoms with Crippen LogP contribution in [0.2, 0.25) is 0 Å². The Hall–Kier alpha value is -2.43. The molecule has 2 heterocycles. The normalized spacial score (nSPS) is 16.0. The number of para-hydroxylation sites is 1. The molecule has 0 aliphatic heterocycles. The molecule has 1 N–H and O–H groups in total. The highest BCUT2D eigenvalue weighted by Gasteiger charge is 2.23. The summed E-state index contributed by atoms with van der Waals surface area (Å²) in [6, 6.07) is 8.11. The predicted molar refractivity (Wildman–Crippen MR) is 92.8 cm³/mol. The van der Waals surface area contributed by atoms with Crippen LogP contribution in [0.25, 0.3) is 16.6 Å². The topological polar surface area (TPSA) is 55.1 Å². The van der Waals surface area contributed by atoms with E-state index in [2.05, 4.69) is 32.6 Å². The van der Waals surface area contributed by atoms with Crippen LogP contribution in [0.5, 0.6) is 0 Å². The standard InChI is InChI=1S/C18H21N5/c1-2-12-19-18-20-15-11-7-6-10-14(15)17-22-21-16(23(17)18)13-8-4-3-5-9-13/h2,6-7,10-11,13H,1,3-5,8-9,12H2,(H,19,20). The molecule has 1 aromatic carbocycles. The summed E-state index contributed by atoms with van der Waals surface area (Å²) in [6.45, 7) is 4.46. The Balaban J connectivity index is 1.93. The molecule has 0 unspecified atom stereocenters. The van der Waals surface area contributed by atoms with Crippen molar-refractivity contribution in [2.45, 2.75) is 38.0 Å². The van der Waals surface area contributed by atoms with Gasteiger partial charge in [-0.1, -0.05) is 37.5 Å². The van der Waals surface area contributed by atoms with Crippen molar-refractivity contribution in [1.82, 2.24) is 19.6 Å². The number of benzene rings is 1. The fraction of sp³-hybridized carbons (Fsp3) is 0.389. The monoisotopic (exact) mass is 307 g/mol. The number of nitrogens with zero attached hydrogens (tertiary/aromatic N) is 4. The Morgan fingerprint density at radius 2 is 2.00 bits per heavy atom. The number of rotatable bonds is 4. The van der Waals surface area contributed by atoms with Gasteiger partial charge in [0.25, 0.3) is 0 Å². The van der Waals surface area contributed by atoms with Gasteiger partial charge in [-0.15, -0.1) is 16.8 Å². The van der Waals surface area contributed by atoms with E-state index in [1.165, 1.54) is 32.1 Å². The van der Waals surface area contributed by atoms with E-state index in [0.717, 1.165) is 28.3 Å². The molecule has 0 atom stereocenters. The molecule has 0 radical (unpaired) electrons. The third-order valence-corrected chi connectivity index (χ3v) is 4.65. The third-order valence-electron chi connectivity index (χ3n) is 4.65. The molecule has 1 aliphatic rings. The molecule has 1 fully saturated rings. The molecular weight excluding hydrogens is 286 g/mol. The molecule has 5 nitrogen and oxygen atoms in total. The number of fused-ring (bicyclic) bond motifs is 3. The highest BCUT2D eigenvalue weighted by Crippen LogP contribution is 2.33. The summed E-state index contributed by atoms with van der Waals surface area (Å²) < 4.78 is 2.11. The third kappa shape index (κ3) is 2.46. The first-order chi connectivity index (χ1) is 11.4. The summed E-state index contributed by atoms with van der Waals surface area (Å²) in [6.07, 6.45) is 8.10. The number of hydrogen-bond acceptors (Lipinski definition) is 4. The zero-order valence-corrected chi connectivity index (χ0v) is 13.2. The van der Waals surface area contributed by atoms with Crippen molar-refractivity contribution >= 4 is 22.5 Å². The van der Waals surface area contributed by atoms with Gasteiger partial charge < -0.3 is 5.32 Å². The van der Waals surface area contributed by atoms with E-state index in [1.54, 1.807) is 0 Å². The quantitative estimate of drug-likeness (QED) is 0.742. The van der Waals surface area contributed by atoms with Crippen molar-refractivity contribution in [1.29, 1.82) is 0 Å². The van der Waals surface area contributed by atoms with E-state index < -0.39 is 0 Å². The second-order valence-electron chi connectivity index (χ2n) is 6.17. The largest absolute Gasteiger partial charge is 0.352 e. The molecule has 0 saturated heterocycles. The van der Waals surface area contributed by atoms with E-state index in [4.69, 9.17) is 4.98 Å². The first-order valence-electron chi connectivity index (χ1n) is 8.37. The van der Waals surface area contributed by atoms with Crippen molar-refractivity contribution in [2.75, 3.05) is 11.9 Å². The van der Waals surface area contributed by atoms with Crippen LogP contribution in [-0.2, 0) is 0 Å². The number of aromatic nitrogens is 4. The predicted octanol–water partition coefficient (Wildman–Crippen LogP) is 3.92. The lowest BCUT2D eigenvalue weighted by Gasteiger charge is -2.20. The van der Waals surface area contributed by atoms with Crippen LogP contribution >= 0.6 is 0 Å². The maximum atomic E-state index is 4.79. The molecule has 0 amide bonds. The highest BCUT2D eigenvalue weighted by molar-refractivity contribution is 5.92. The molecule has 1 saturated carbocycles. The average molecular weight is 307 g/mol. The minimum atomic E-state index is 0.478. The molecule has 5 heteroatoms. The summed E-state index contributed by atoms with van der Waals surface area (Å²) in [4.78, 5) is 4.79. The van der Waals surface area contributed by atoms with Gasteiger partial charge in [0.2, 0.25) is 5.95 Å². The Bertz CT molecular complexity index is 845. The second kappa shape index (κ2) is 5.99. The molecule has 0 bridgehead atoms. The van der Waals surface area contributed by atoms with Crippen LogP contribution in [0, 0.1) is 0 Å². The van der Waals surface area contributed by atoms with Crippen molar-refractivity contribution in [3.63, 3.8) is 0 Å². The Morgan fingerprint density at radius 1 is 1.17 bits per heavy atom. The van der Waals surface area contributed by atoms with Crippen LogP contribution in [0.4, 0.5) is 5.95 Å². The number of nitrogens with one attached hydrogen (secondary N) is 1. The van der Waals surface area contributed by atoms with Gasteiger partial charge in [0.1, 0.15) is 5.82 Å². The Labute approximate surface area is 135 Å². The van der Waals surface area contributed by atoms with E-state index in [-0.39, 0.29) is 0 Å². The zero-order valence-electron chi connectivity index (χ0n) is 13.2. The van der Waals surface area contributed by atoms with Crippen molar-refractivity contribution < 1.29 is 0 Å². The molecule has 4 rings (SSSR count). The van der Waals surface area contributed by atoms with Crippen molar-refractivity contribution in [3.05, 3.63) is 42.7 Å². The SMILES string of the molecule is C=CCNc1nc2ccccc2c2nnc(C3CCCCC3)n12. The van der Waals surface area contributed by atoms with Gasteiger partial charge in [-0.05, 0) is 25.0 Å². The van der Waals surface area contributed by atoms with Gasteiger partial charge in [-0.3, -0.25) is 0 Å². The van der Waals surface area contributed by atoms with Gasteiger partial charge >= 0.3 is 0 Å². The molecule has 2 aromatic heterocycles. The summed E-state index contributed by atoms with van der Waals surface area (Å²) in [5, 5.41) is 13.4. The number of anilines is 1. The molecule has 1 aliphatic carbocycles. The first-order valence-corrected chi connectivity index (χ1v) is 8.37.